The fourth-order valence-electron chi connectivity index (χ4n) is 5.11. The number of aliphatic hydroxyl groups excluding tert-OH is 1. The number of halogens is 6. The maximum absolute atomic E-state index is 13.1. The monoisotopic (exact) mass is 674 g/mol. The molecule has 8 nitrogen and oxygen atoms in total. The summed E-state index contributed by atoms with van der Waals surface area (Å²) in [7, 11) is -3.42. The molecule has 0 aliphatic carbocycles. The highest BCUT2D eigenvalue weighted by molar-refractivity contribution is 7.91. The second kappa shape index (κ2) is 14.3. The van der Waals surface area contributed by atoms with Gasteiger partial charge in [0.15, 0.2) is 9.84 Å². The van der Waals surface area contributed by atoms with Crippen molar-refractivity contribution in [1.82, 2.24) is 5.32 Å². The van der Waals surface area contributed by atoms with Crippen LogP contribution in [0, 0.1) is 0 Å². The molecule has 1 heterocycles. The number of rotatable bonds is 12. The summed E-state index contributed by atoms with van der Waals surface area (Å²) in [5, 5.41) is 12.4. The van der Waals surface area contributed by atoms with E-state index in [9.17, 15) is 44.7 Å². The van der Waals surface area contributed by atoms with Gasteiger partial charge in [-0.1, -0.05) is 19.1 Å². The molecule has 3 atom stereocenters. The van der Waals surface area contributed by atoms with Crippen LogP contribution in [-0.4, -0.2) is 63.5 Å². The molecule has 0 radical (unpaired) electrons. The molecule has 1 saturated heterocycles. The van der Waals surface area contributed by atoms with Crippen LogP contribution in [0.2, 0.25) is 0 Å². The Labute approximate surface area is 261 Å². The van der Waals surface area contributed by atoms with Crippen LogP contribution < -0.4 is 15.0 Å². The van der Waals surface area contributed by atoms with Crippen LogP contribution in [0.4, 0.5) is 32.0 Å². The molecule has 1 aliphatic rings. The van der Waals surface area contributed by atoms with Gasteiger partial charge in [-0.05, 0) is 72.6 Å². The summed E-state index contributed by atoms with van der Waals surface area (Å²) >= 11 is 0. The lowest BCUT2D eigenvalue weighted by molar-refractivity contribution is -0.325. The molecule has 1 fully saturated rings. The topological polar surface area (TPSA) is 105 Å². The predicted molar refractivity (Wildman–Crippen MR) is 156 cm³/mol. The molecule has 0 saturated carbocycles. The quantitative estimate of drug-likeness (QED) is 0.230. The van der Waals surface area contributed by atoms with Gasteiger partial charge in [-0.15, -0.1) is 13.2 Å². The van der Waals surface area contributed by atoms with E-state index < -0.39 is 58.6 Å². The third kappa shape index (κ3) is 9.13. The van der Waals surface area contributed by atoms with Gasteiger partial charge in [0, 0.05) is 24.3 Å². The average Bonchev–Trinajstić information content (AvgIpc) is 3.42. The number of aliphatic hydroxyl groups is 1. The number of anilines is 1. The minimum atomic E-state index is -4.88. The van der Waals surface area contributed by atoms with Crippen molar-refractivity contribution in [3.8, 4) is 5.75 Å². The van der Waals surface area contributed by atoms with Gasteiger partial charge in [-0.2, -0.15) is 13.2 Å². The number of nitrogens with zero attached hydrogens (tertiary/aromatic N) is 1. The Hall–Kier alpha value is -3.82. The smallest absolute Gasteiger partial charge is 0.489 e. The van der Waals surface area contributed by atoms with Gasteiger partial charge in [0.2, 0.25) is 0 Å². The Morgan fingerprint density at radius 1 is 0.978 bits per heavy atom. The number of sulfone groups is 1. The second-order valence-electron chi connectivity index (χ2n) is 10.6. The van der Waals surface area contributed by atoms with E-state index >= 15 is 0 Å². The summed E-state index contributed by atoms with van der Waals surface area (Å²) in [6.45, 7) is 0.643. The number of benzene rings is 3. The van der Waals surface area contributed by atoms with Crippen LogP contribution in [0.25, 0.3) is 0 Å². The van der Waals surface area contributed by atoms with Gasteiger partial charge in [0.1, 0.15) is 11.9 Å². The largest absolute Gasteiger partial charge is 0.522 e. The number of carbonyl (C=O) groups excluding carboxylic acids is 1. The molecule has 46 heavy (non-hydrogen) atoms. The summed E-state index contributed by atoms with van der Waals surface area (Å²) in [6.07, 6.45) is -9.84. The Balaban J connectivity index is 1.47. The fraction of sp³-hybridized carbons (Fsp3) is 0.387. The third-order valence-electron chi connectivity index (χ3n) is 7.51. The first kappa shape index (κ1) is 35.0. The molecule has 0 bridgehead atoms. The number of ether oxygens (including phenoxy) is 2. The van der Waals surface area contributed by atoms with E-state index in [-0.39, 0.29) is 48.0 Å². The molecule has 0 spiro atoms. The van der Waals surface area contributed by atoms with E-state index in [0.29, 0.717) is 11.3 Å². The molecular formula is C31H32F6N2O6S. The van der Waals surface area contributed by atoms with Crippen LogP contribution in [0.1, 0.15) is 47.3 Å². The van der Waals surface area contributed by atoms with Gasteiger partial charge >= 0.3 is 12.5 Å². The van der Waals surface area contributed by atoms with Crippen LogP contribution in [0.15, 0.2) is 77.7 Å². The Morgan fingerprint density at radius 3 is 2.15 bits per heavy atom. The number of amides is 1. The van der Waals surface area contributed by atoms with Gasteiger partial charge in [0.25, 0.3) is 5.91 Å². The molecule has 1 aliphatic heterocycles. The van der Waals surface area contributed by atoms with E-state index in [2.05, 4.69) is 10.1 Å². The summed E-state index contributed by atoms with van der Waals surface area (Å²) in [5.41, 5.74) is 0.399. The lowest BCUT2D eigenvalue weighted by atomic mass is 10.0. The molecular weight excluding hydrogens is 642 g/mol. The molecule has 1 amide bonds. The SMILES string of the molecule is CCS(=O)(=O)c1ccc([C@H](CCO)NC(=O)c2ccc(N3C[C@@H](Oc4ccc(C(F)(F)F)cc4)C[C@H]3COC(F)(F)F)cc2)cc1. The molecule has 0 unspecified atom stereocenters. The van der Waals surface area contributed by atoms with Crippen molar-refractivity contribution in [2.75, 3.05) is 30.4 Å². The highest BCUT2D eigenvalue weighted by Crippen LogP contribution is 2.33. The molecule has 3 aromatic carbocycles. The fourth-order valence-corrected chi connectivity index (χ4v) is 5.99. The highest BCUT2D eigenvalue weighted by Gasteiger charge is 2.38. The predicted octanol–water partition coefficient (Wildman–Crippen LogP) is 5.92. The van der Waals surface area contributed by atoms with Crippen molar-refractivity contribution in [3.63, 3.8) is 0 Å². The number of hydrogen-bond acceptors (Lipinski definition) is 7. The molecule has 0 aromatic heterocycles. The lowest BCUT2D eigenvalue weighted by Crippen LogP contribution is -2.35. The summed E-state index contributed by atoms with van der Waals surface area (Å²) in [5.74, 6) is -0.446. The first-order valence-electron chi connectivity index (χ1n) is 14.3. The molecule has 2 N–H and O–H groups in total. The summed E-state index contributed by atoms with van der Waals surface area (Å²) in [4.78, 5) is 14.8. The van der Waals surface area contributed by atoms with Crippen molar-refractivity contribution in [2.24, 2.45) is 0 Å². The summed E-state index contributed by atoms with van der Waals surface area (Å²) in [6, 6.07) is 14.6. The van der Waals surface area contributed by atoms with Crippen LogP contribution in [0.3, 0.4) is 0 Å². The highest BCUT2D eigenvalue weighted by atomic mass is 32.2. The zero-order valence-corrected chi connectivity index (χ0v) is 25.3. The van der Waals surface area contributed by atoms with Gasteiger partial charge < -0.3 is 20.1 Å². The van der Waals surface area contributed by atoms with Crippen molar-refractivity contribution >= 4 is 21.4 Å². The molecule has 3 aromatic rings. The van der Waals surface area contributed by atoms with Crippen molar-refractivity contribution in [1.29, 1.82) is 0 Å². The zero-order chi connectivity index (χ0) is 33.7. The van der Waals surface area contributed by atoms with E-state index in [1.54, 1.807) is 29.2 Å². The zero-order valence-electron chi connectivity index (χ0n) is 24.5. The molecule has 15 heteroatoms. The molecule has 4 rings (SSSR count). The number of alkyl halides is 6. The minimum Gasteiger partial charge on any atom is -0.489 e. The Morgan fingerprint density at radius 2 is 1.61 bits per heavy atom. The maximum Gasteiger partial charge on any atom is 0.522 e. The van der Waals surface area contributed by atoms with E-state index in [1.165, 1.54) is 31.2 Å². The summed E-state index contributed by atoms with van der Waals surface area (Å²) < 4.78 is 111. The number of nitrogens with one attached hydrogen (secondary N) is 1. The Kier molecular flexibility index (Phi) is 10.9. The minimum absolute atomic E-state index is 0.0699. The van der Waals surface area contributed by atoms with Gasteiger partial charge in [-0.25, -0.2) is 8.42 Å². The van der Waals surface area contributed by atoms with E-state index in [4.69, 9.17) is 4.74 Å². The lowest BCUT2D eigenvalue weighted by Gasteiger charge is -2.27. The first-order valence-corrected chi connectivity index (χ1v) is 15.9. The number of hydrogen-bond donors (Lipinski definition) is 2. The number of carbonyl (C=O) groups is 1. The third-order valence-corrected chi connectivity index (χ3v) is 9.26. The maximum atomic E-state index is 13.1. The Bertz CT molecular complexity index is 1560. The van der Waals surface area contributed by atoms with Crippen molar-refractivity contribution in [2.45, 2.75) is 55.4 Å². The van der Waals surface area contributed by atoms with E-state index in [0.717, 1.165) is 24.3 Å². The van der Waals surface area contributed by atoms with Gasteiger partial charge in [-0.3, -0.25) is 9.53 Å². The first-order chi connectivity index (χ1) is 21.6. The van der Waals surface area contributed by atoms with Crippen LogP contribution in [0.5, 0.6) is 5.75 Å². The van der Waals surface area contributed by atoms with Crippen LogP contribution >= 0.6 is 0 Å². The van der Waals surface area contributed by atoms with E-state index in [1.807, 2.05) is 0 Å². The second-order valence-corrected chi connectivity index (χ2v) is 12.9. The van der Waals surface area contributed by atoms with Gasteiger partial charge in [0.05, 0.1) is 41.4 Å². The average molecular weight is 675 g/mol. The van der Waals surface area contributed by atoms with Crippen molar-refractivity contribution < 1.29 is 54.1 Å². The normalized spacial score (nSPS) is 18.0. The van der Waals surface area contributed by atoms with Crippen LogP contribution in [-0.2, 0) is 20.8 Å². The van der Waals surface area contributed by atoms with Crippen molar-refractivity contribution in [3.05, 3.63) is 89.5 Å². The standard InChI is InChI=1S/C31H32F6N2O6S/c1-2-46(42,43)27-13-5-20(6-14-27)28(15-16-40)38-29(41)21-3-9-23(10-4-21)39-18-26(17-24(39)19-44-31(35,36)37)45-25-11-7-22(8-12-25)30(32,33)34/h3-14,24,26,28,40H,2,15-19H2,1H3,(H,38,41)/t24-,26-,28-/m0/s1. The molecule has 250 valence electrons.